The first-order valence-electron chi connectivity index (χ1n) is 5.66. The van der Waals surface area contributed by atoms with Gasteiger partial charge in [0.15, 0.2) is 0 Å². The fourth-order valence-corrected chi connectivity index (χ4v) is 1.50. The first-order chi connectivity index (χ1) is 7.28. The van der Waals surface area contributed by atoms with Gasteiger partial charge < -0.3 is 16.4 Å². The smallest absolute Gasteiger partial charge is 0.243 e. The molecule has 0 fully saturated rings. The predicted molar refractivity (Wildman–Crippen MR) is 63.5 cm³/mol. The molecule has 0 aliphatic heterocycles. The van der Waals surface area contributed by atoms with Gasteiger partial charge in [0.2, 0.25) is 11.8 Å². The zero-order chi connectivity index (χ0) is 12.9. The average Bonchev–Trinajstić information content (AvgIpc) is 2.23. The molecule has 0 aliphatic carbocycles. The first-order valence-corrected chi connectivity index (χ1v) is 5.66. The van der Waals surface area contributed by atoms with Crippen LogP contribution in [0.1, 0.15) is 40.5 Å². The van der Waals surface area contributed by atoms with E-state index < -0.39 is 11.4 Å². The Morgan fingerprint density at radius 2 is 1.69 bits per heavy atom. The molecule has 94 valence electrons. The van der Waals surface area contributed by atoms with Gasteiger partial charge in [0.1, 0.15) is 0 Å². The van der Waals surface area contributed by atoms with Crippen LogP contribution in [0.15, 0.2) is 0 Å². The number of carbonyl (C=O) groups excluding carboxylic acids is 2. The Morgan fingerprint density at radius 3 is 1.94 bits per heavy atom. The topological polar surface area (TPSA) is 89.4 Å². The van der Waals surface area contributed by atoms with Crippen LogP contribution >= 0.6 is 0 Å². The number of nitrogens with two attached hydrogens (primary N) is 2. The third-order valence-electron chi connectivity index (χ3n) is 2.90. The van der Waals surface area contributed by atoms with Crippen molar-refractivity contribution in [2.75, 3.05) is 6.54 Å². The minimum atomic E-state index is -0.889. The van der Waals surface area contributed by atoms with E-state index in [1.54, 1.807) is 0 Å². The quantitative estimate of drug-likeness (QED) is 0.683. The van der Waals surface area contributed by atoms with E-state index in [9.17, 15) is 9.59 Å². The zero-order valence-electron chi connectivity index (χ0n) is 10.6. The molecule has 4 N–H and O–H groups in total. The second kappa shape index (κ2) is 5.84. The van der Waals surface area contributed by atoms with E-state index in [-0.39, 0.29) is 18.5 Å². The second-order valence-corrected chi connectivity index (χ2v) is 4.36. The summed E-state index contributed by atoms with van der Waals surface area (Å²) >= 11 is 0. The van der Waals surface area contributed by atoms with Crippen molar-refractivity contribution in [2.24, 2.45) is 11.5 Å². The highest BCUT2D eigenvalue weighted by Gasteiger charge is 2.35. The Morgan fingerprint density at radius 1 is 1.25 bits per heavy atom. The standard InChI is InChI=1S/C11H23N3O2/c1-5-11(13,6-2)10(16)14(8(3)4)7-9(12)15/h8H,5-7,13H2,1-4H3,(H2,12,15). The molecule has 0 aromatic rings. The van der Waals surface area contributed by atoms with Crippen molar-refractivity contribution in [2.45, 2.75) is 52.1 Å². The first kappa shape index (κ1) is 14.9. The molecule has 0 bridgehead atoms. The number of nitrogens with zero attached hydrogens (tertiary/aromatic N) is 1. The van der Waals surface area contributed by atoms with E-state index in [4.69, 9.17) is 11.5 Å². The van der Waals surface area contributed by atoms with Crippen molar-refractivity contribution in [1.82, 2.24) is 4.90 Å². The average molecular weight is 229 g/mol. The summed E-state index contributed by atoms with van der Waals surface area (Å²) < 4.78 is 0. The summed E-state index contributed by atoms with van der Waals surface area (Å²) in [4.78, 5) is 24.5. The van der Waals surface area contributed by atoms with Crippen LogP contribution in [0.5, 0.6) is 0 Å². The maximum Gasteiger partial charge on any atom is 0.243 e. The molecule has 0 aromatic carbocycles. The maximum atomic E-state index is 12.2. The number of primary amides is 1. The van der Waals surface area contributed by atoms with Gasteiger partial charge in [0.25, 0.3) is 0 Å². The van der Waals surface area contributed by atoms with Crippen LogP contribution < -0.4 is 11.5 Å². The fourth-order valence-electron chi connectivity index (χ4n) is 1.50. The number of amides is 2. The largest absolute Gasteiger partial charge is 0.368 e. The molecular formula is C11H23N3O2. The summed E-state index contributed by atoms with van der Waals surface area (Å²) in [6.07, 6.45) is 1.09. The van der Waals surface area contributed by atoms with Crippen molar-refractivity contribution in [3.05, 3.63) is 0 Å². The van der Waals surface area contributed by atoms with Gasteiger partial charge >= 0.3 is 0 Å². The summed E-state index contributed by atoms with van der Waals surface area (Å²) in [7, 11) is 0. The van der Waals surface area contributed by atoms with Crippen LogP contribution in [0.3, 0.4) is 0 Å². The molecule has 0 rings (SSSR count). The van der Waals surface area contributed by atoms with Crippen molar-refractivity contribution in [3.8, 4) is 0 Å². The highest BCUT2D eigenvalue weighted by molar-refractivity contribution is 5.90. The van der Waals surface area contributed by atoms with Crippen LogP contribution in [0.4, 0.5) is 0 Å². The molecule has 0 heterocycles. The van der Waals surface area contributed by atoms with Gasteiger partial charge in [-0.15, -0.1) is 0 Å². The Hall–Kier alpha value is -1.10. The molecular weight excluding hydrogens is 206 g/mol. The van der Waals surface area contributed by atoms with Crippen LogP contribution in [0, 0.1) is 0 Å². The van der Waals surface area contributed by atoms with E-state index >= 15 is 0 Å². The highest BCUT2D eigenvalue weighted by atomic mass is 16.2. The lowest BCUT2D eigenvalue weighted by atomic mass is 9.92. The van der Waals surface area contributed by atoms with Gasteiger partial charge in [-0.25, -0.2) is 0 Å². The normalized spacial score (nSPS) is 11.6. The van der Waals surface area contributed by atoms with Crippen LogP contribution in [-0.4, -0.2) is 34.8 Å². The lowest BCUT2D eigenvalue weighted by Crippen LogP contribution is -2.57. The Labute approximate surface area is 97.2 Å². The Bertz CT molecular complexity index is 260. The third-order valence-corrected chi connectivity index (χ3v) is 2.90. The minimum Gasteiger partial charge on any atom is -0.368 e. The third kappa shape index (κ3) is 3.48. The van der Waals surface area contributed by atoms with E-state index in [0.717, 1.165) is 0 Å². The second-order valence-electron chi connectivity index (χ2n) is 4.36. The molecule has 0 aromatic heterocycles. The lowest BCUT2D eigenvalue weighted by Gasteiger charge is -2.34. The molecule has 0 saturated carbocycles. The van der Waals surface area contributed by atoms with Gasteiger partial charge in [0.05, 0.1) is 12.1 Å². The van der Waals surface area contributed by atoms with Crippen LogP contribution in [0.2, 0.25) is 0 Å². The van der Waals surface area contributed by atoms with Gasteiger partial charge in [-0.05, 0) is 26.7 Å². The Balaban J connectivity index is 4.93. The molecule has 0 unspecified atom stereocenters. The summed E-state index contributed by atoms with van der Waals surface area (Å²) in [6.45, 7) is 7.34. The minimum absolute atomic E-state index is 0.0740. The molecule has 0 saturated heterocycles. The summed E-state index contributed by atoms with van der Waals surface area (Å²) in [5.74, 6) is -0.720. The number of carbonyl (C=O) groups is 2. The summed E-state index contributed by atoms with van der Waals surface area (Å²) in [6, 6.07) is -0.0824. The van der Waals surface area contributed by atoms with E-state index in [1.165, 1.54) is 4.90 Å². The molecule has 0 aliphatic rings. The van der Waals surface area contributed by atoms with Crippen LogP contribution in [-0.2, 0) is 9.59 Å². The van der Waals surface area contributed by atoms with Gasteiger partial charge in [-0.2, -0.15) is 0 Å². The maximum absolute atomic E-state index is 12.2. The fraction of sp³-hybridized carbons (Fsp3) is 0.818. The van der Waals surface area contributed by atoms with E-state index in [0.29, 0.717) is 12.8 Å². The van der Waals surface area contributed by atoms with Crippen molar-refractivity contribution < 1.29 is 9.59 Å². The lowest BCUT2D eigenvalue weighted by molar-refractivity contribution is -0.142. The summed E-state index contributed by atoms with van der Waals surface area (Å²) in [5.41, 5.74) is 10.2. The van der Waals surface area contributed by atoms with Crippen molar-refractivity contribution in [3.63, 3.8) is 0 Å². The van der Waals surface area contributed by atoms with E-state index in [1.807, 2.05) is 27.7 Å². The molecule has 5 nitrogen and oxygen atoms in total. The molecule has 0 radical (unpaired) electrons. The molecule has 0 spiro atoms. The number of hydrogen-bond acceptors (Lipinski definition) is 3. The predicted octanol–water partition coefficient (Wildman–Crippen LogP) is 0.226. The zero-order valence-corrected chi connectivity index (χ0v) is 10.6. The van der Waals surface area contributed by atoms with E-state index in [2.05, 4.69) is 0 Å². The van der Waals surface area contributed by atoms with Crippen molar-refractivity contribution >= 4 is 11.8 Å². The number of rotatable bonds is 6. The molecule has 5 heteroatoms. The monoisotopic (exact) mass is 229 g/mol. The Kier molecular flexibility index (Phi) is 5.44. The van der Waals surface area contributed by atoms with Crippen molar-refractivity contribution in [1.29, 1.82) is 0 Å². The SMILES string of the molecule is CCC(N)(CC)C(=O)N(CC(N)=O)C(C)C. The van der Waals surface area contributed by atoms with Crippen LogP contribution in [0.25, 0.3) is 0 Å². The van der Waals surface area contributed by atoms with Gasteiger partial charge in [0, 0.05) is 6.04 Å². The highest BCUT2D eigenvalue weighted by Crippen LogP contribution is 2.16. The molecule has 16 heavy (non-hydrogen) atoms. The molecule has 2 amide bonds. The number of hydrogen-bond donors (Lipinski definition) is 2. The summed E-state index contributed by atoms with van der Waals surface area (Å²) in [5, 5.41) is 0. The molecule has 0 atom stereocenters. The van der Waals surface area contributed by atoms with Gasteiger partial charge in [-0.3, -0.25) is 9.59 Å². The van der Waals surface area contributed by atoms with Gasteiger partial charge in [-0.1, -0.05) is 13.8 Å².